The number of rotatable bonds is 4. The van der Waals surface area contributed by atoms with Crippen LogP contribution in [0.3, 0.4) is 0 Å². The lowest BCUT2D eigenvalue weighted by Gasteiger charge is -2.13. The summed E-state index contributed by atoms with van der Waals surface area (Å²) in [5.41, 5.74) is 2.47. The molecule has 6 nitrogen and oxygen atoms in total. The molecule has 0 atom stereocenters. The largest absolute Gasteiger partial charge is 0.416 e. The number of fused-ring (bicyclic) bond motifs is 1. The van der Waals surface area contributed by atoms with E-state index in [-0.39, 0.29) is 5.56 Å². The Morgan fingerprint density at radius 2 is 1.97 bits per heavy atom. The second kappa shape index (κ2) is 7.33. The van der Waals surface area contributed by atoms with Gasteiger partial charge in [0.2, 0.25) is 0 Å². The molecule has 1 amide bonds. The van der Waals surface area contributed by atoms with Gasteiger partial charge >= 0.3 is 6.18 Å². The fraction of sp³-hybridized carbons (Fsp3) is 0.190. The highest BCUT2D eigenvalue weighted by atomic mass is 19.4. The van der Waals surface area contributed by atoms with Gasteiger partial charge in [0.15, 0.2) is 0 Å². The summed E-state index contributed by atoms with van der Waals surface area (Å²) in [4.78, 5) is 27.1. The number of aromatic nitrogens is 4. The van der Waals surface area contributed by atoms with Crippen LogP contribution >= 0.6 is 0 Å². The number of nitrogens with zero attached hydrogens (tertiary/aromatic N) is 2. The van der Waals surface area contributed by atoms with E-state index in [1.165, 1.54) is 19.4 Å². The first-order chi connectivity index (χ1) is 14.3. The Morgan fingerprint density at radius 1 is 1.17 bits per heavy atom. The number of nitrogens with one attached hydrogen (secondary N) is 3. The van der Waals surface area contributed by atoms with Crippen LogP contribution in [-0.2, 0) is 12.6 Å². The fourth-order valence-electron chi connectivity index (χ4n) is 3.49. The van der Waals surface area contributed by atoms with Crippen molar-refractivity contribution in [2.75, 3.05) is 7.05 Å². The summed E-state index contributed by atoms with van der Waals surface area (Å²) < 4.78 is 40.0. The molecule has 0 unspecified atom stereocenters. The molecule has 0 saturated carbocycles. The number of hydrogen-bond acceptors (Lipinski definition) is 3. The van der Waals surface area contributed by atoms with Crippen LogP contribution in [-0.4, -0.2) is 32.9 Å². The van der Waals surface area contributed by atoms with Crippen molar-refractivity contribution < 1.29 is 18.0 Å². The van der Waals surface area contributed by atoms with Gasteiger partial charge in [-0.1, -0.05) is 13.0 Å². The number of H-pyrrole nitrogens is 2. The van der Waals surface area contributed by atoms with E-state index in [9.17, 15) is 18.0 Å². The van der Waals surface area contributed by atoms with Gasteiger partial charge in [-0.25, -0.2) is 9.97 Å². The molecular weight excluding hydrogens is 395 g/mol. The Morgan fingerprint density at radius 3 is 2.67 bits per heavy atom. The summed E-state index contributed by atoms with van der Waals surface area (Å²) in [5, 5.41) is 3.28. The van der Waals surface area contributed by atoms with Gasteiger partial charge in [-0.2, -0.15) is 13.2 Å². The van der Waals surface area contributed by atoms with Crippen molar-refractivity contribution in [3.63, 3.8) is 0 Å². The third-order valence-electron chi connectivity index (χ3n) is 4.99. The van der Waals surface area contributed by atoms with Crippen LogP contribution in [0.5, 0.6) is 0 Å². The smallest absolute Gasteiger partial charge is 0.355 e. The van der Waals surface area contributed by atoms with E-state index >= 15 is 0 Å². The van der Waals surface area contributed by atoms with E-state index in [0.717, 1.165) is 17.5 Å². The standard InChI is InChI=1S/C21H18F3N5O/c1-3-11-4-5-12(21(22,23)24)8-14(11)17-15(20(30)25-2)9-16(29-17)18-13-6-7-26-19(13)28-10-27-18/h4-10,29H,3H2,1-2H3,(H,25,30)(H,26,27,28). The quantitative estimate of drug-likeness (QED) is 0.458. The molecule has 4 aromatic rings. The number of amides is 1. The van der Waals surface area contributed by atoms with Gasteiger partial charge in [0.1, 0.15) is 12.0 Å². The molecule has 30 heavy (non-hydrogen) atoms. The van der Waals surface area contributed by atoms with Crippen molar-refractivity contribution >= 4 is 16.9 Å². The molecule has 3 N–H and O–H groups in total. The Labute approximate surface area is 169 Å². The molecule has 1 aromatic carbocycles. The number of alkyl halides is 3. The Kier molecular flexibility index (Phi) is 4.81. The third-order valence-corrected chi connectivity index (χ3v) is 4.99. The van der Waals surface area contributed by atoms with Crippen molar-refractivity contribution in [1.82, 2.24) is 25.3 Å². The summed E-state index contributed by atoms with van der Waals surface area (Å²) in [7, 11) is 1.47. The Bertz CT molecular complexity index is 1240. The van der Waals surface area contributed by atoms with E-state index in [4.69, 9.17) is 0 Å². The van der Waals surface area contributed by atoms with Gasteiger partial charge in [-0.15, -0.1) is 0 Å². The Balaban J connectivity index is 1.97. The number of aryl methyl sites for hydroxylation is 1. The van der Waals surface area contributed by atoms with E-state index < -0.39 is 17.6 Å². The molecule has 9 heteroatoms. The van der Waals surface area contributed by atoms with Crippen LogP contribution in [0, 0.1) is 0 Å². The predicted octanol–water partition coefficient (Wildman–Crippen LogP) is 4.56. The van der Waals surface area contributed by atoms with Crippen molar-refractivity contribution in [2.24, 2.45) is 0 Å². The van der Waals surface area contributed by atoms with Crippen LogP contribution in [0.1, 0.15) is 28.4 Å². The lowest BCUT2D eigenvalue weighted by molar-refractivity contribution is -0.137. The van der Waals surface area contributed by atoms with E-state index in [1.54, 1.807) is 18.3 Å². The highest BCUT2D eigenvalue weighted by Gasteiger charge is 2.32. The second-order valence-corrected chi connectivity index (χ2v) is 6.74. The van der Waals surface area contributed by atoms with E-state index in [0.29, 0.717) is 40.3 Å². The van der Waals surface area contributed by atoms with Gasteiger partial charge in [0, 0.05) is 24.2 Å². The van der Waals surface area contributed by atoms with Crippen LogP contribution in [0.25, 0.3) is 33.7 Å². The zero-order valence-electron chi connectivity index (χ0n) is 16.2. The van der Waals surface area contributed by atoms with Crippen LogP contribution < -0.4 is 5.32 Å². The maximum atomic E-state index is 13.3. The molecule has 4 rings (SSSR count). The molecule has 0 spiro atoms. The highest BCUT2D eigenvalue weighted by Crippen LogP contribution is 2.37. The molecule has 0 aliphatic rings. The SMILES string of the molecule is CCc1ccc(C(F)(F)F)cc1-c1[nH]c(-c2ncnc3[nH]ccc23)cc1C(=O)NC. The van der Waals surface area contributed by atoms with Crippen molar-refractivity contribution in [3.05, 3.63) is 59.5 Å². The molecule has 0 saturated heterocycles. The van der Waals surface area contributed by atoms with Gasteiger partial charge in [0.05, 0.1) is 28.2 Å². The van der Waals surface area contributed by atoms with Crippen LogP contribution in [0.15, 0.2) is 42.9 Å². The fourth-order valence-corrected chi connectivity index (χ4v) is 3.49. The Hall–Kier alpha value is -3.62. The first-order valence-corrected chi connectivity index (χ1v) is 9.27. The first-order valence-electron chi connectivity index (χ1n) is 9.27. The molecule has 3 heterocycles. The highest BCUT2D eigenvalue weighted by molar-refractivity contribution is 6.03. The molecule has 0 aliphatic heterocycles. The normalized spacial score (nSPS) is 11.8. The summed E-state index contributed by atoms with van der Waals surface area (Å²) in [6.07, 6.45) is -0.886. The lowest BCUT2D eigenvalue weighted by atomic mass is 9.97. The average Bonchev–Trinajstić information content (AvgIpc) is 3.39. The minimum absolute atomic E-state index is 0.240. The molecule has 0 radical (unpaired) electrons. The molecular formula is C21H18F3N5O. The number of carbonyl (C=O) groups is 1. The molecule has 154 valence electrons. The number of carbonyl (C=O) groups excluding carboxylic acids is 1. The van der Waals surface area contributed by atoms with Gasteiger partial charge in [-0.3, -0.25) is 4.79 Å². The number of hydrogen-bond donors (Lipinski definition) is 3. The van der Waals surface area contributed by atoms with E-state index in [1.807, 2.05) is 6.92 Å². The third kappa shape index (κ3) is 3.32. The number of aromatic amines is 2. The second-order valence-electron chi connectivity index (χ2n) is 6.74. The summed E-state index contributed by atoms with van der Waals surface area (Å²) in [6, 6.07) is 6.97. The topological polar surface area (TPSA) is 86.5 Å². The zero-order valence-corrected chi connectivity index (χ0v) is 16.2. The van der Waals surface area contributed by atoms with Crippen molar-refractivity contribution in [3.8, 4) is 22.6 Å². The maximum Gasteiger partial charge on any atom is 0.416 e. The number of halogens is 3. The minimum atomic E-state index is -4.49. The molecule has 0 fully saturated rings. The van der Waals surface area contributed by atoms with Gasteiger partial charge in [-0.05, 0) is 36.2 Å². The average molecular weight is 413 g/mol. The monoisotopic (exact) mass is 413 g/mol. The summed E-state index contributed by atoms with van der Waals surface area (Å²) in [6.45, 7) is 1.85. The molecule has 0 aliphatic carbocycles. The molecule has 3 aromatic heterocycles. The van der Waals surface area contributed by atoms with Gasteiger partial charge < -0.3 is 15.3 Å². The maximum absolute atomic E-state index is 13.3. The predicted molar refractivity (Wildman–Crippen MR) is 107 cm³/mol. The van der Waals surface area contributed by atoms with Crippen LogP contribution in [0.4, 0.5) is 13.2 Å². The van der Waals surface area contributed by atoms with Gasteiger partial charge in [0.25, 0.3) is 5.91 Å². The lowest BCUT2D eigenvalue weighted by Crippen LogP contribution is -2.18. The van der Waals surface area contributed by atoms with Crippen molar-refractivity contribution in [1.29, 1.82) is 0 Å². The zero-order chi connectivity index (χ0) is 21.5. The van der Waals surface area contributed by atoms with Crippen LogP contribution in [0.2, 0.25) is 0 Å². The number of benzene rings is 1. The summed E-state index contributed by atoms with van der Waals surface area (Å²) in [5.74, 6) is -0.411. The first kappa shape index (κ1) is 19.7. The summed E-state index contributed by atoms with van der Waals surface area (Å²) >= 11 is 0. The van der Waals surface area contributed by atoms with E-state index in [2.05, 4.69) is 25.3 Å². The minimum Gasteiger partial charge on any atom is -0.355 e. The molecule has 0 bridgehead atoms. The van der Waals surface area contributed by atoms with Crippen molar-refractivity contribution in [2.45, 2.75) is 19.5 Å².